The van der Waals surface area contributed by atoms with Crippen molar-refractivity contribution >= 4 is 0 Å². The molecule has 1 nitrogen and oxygen atoms in total. The predicted octanol–water partition coefficient (Wildman–Crippen LogP) is 6.71. The molecule has 2 atom stereocenters. The fourth-order valence-electron chi connectivity index (χ4n) is 3.25. The van der Waals surface area contributed by atoms with Gasteiger partial charge >= 0.3 is 0 Å². The molecule has 21 heavy (non-hydrogen) atoms. The SMILES string of the molecule is CCCCCCCCCCCC(NCCC)C(C)CCC. The lowest BCUT2D eigenvalue weighted by Gasteiger charge is -2.25. The molecule has 0 saturated carbocycles. The maximum absolute atomic E-state index is 3.78. The van der Waals surface area contributed by atoms with Gasteiger partial charge in [0.25, 0.3) is 0 Å². The summed E-state index contributed by atoms with van der Waals surface area (Å²) in [5, 5.41) is 3.78. The molecule has 0 radical (unpaired) electrons. The normalized spacial score (nSPS) is 14.3. The average Bonchev–Trinajstić information content (AvgIpc) is 2.48. The van der Waals surface area contributed by atoms with Crippen LogP contribution in [0.25, 0.3) is 0 Å². The highest BCUT2D eigenvalue weighted by Crippen LogP contribution is 2.18. The minimum absolute atomic E-state index is 0.759. The number of hydrogen-bond acceptors (Lipinski definition) is 1. The molecule has 0 spiro atoms. The van der Waals surface area contributed by atoms with Crippen LogP contribution in [0.15, 0.2) is 0 Å². The van der Waals surface area contributed by atoms with Gasteiger partial charge in [-0.2, -0.15) is 0 Å². The molecular weight excluding hydrogens is 254 g/mol. The van der Waals surface area contributed by atoms with Crippen LogP contribution in [0.1, 0.15) is 111 Å². The van der Waals surface area contributed by atoms with Gasteiger partial charge in [0.05, 0.1) is 0 Å². The van der Waals surface area contributed by atoms with Crippen LogP contribution in [0.4, 0.5) is 0 Å². The predicted molar refractivity (Wildman–Crippen MR) is 98.0 cm³/mol. The molecule has 0 aromatic carbocycles. The van der Waals surface area contributed by atoms with Crippen molar-refractivity contribution in [2.24, 2.45) is 5.92 Å². The lowest BCUT2D eigenvalue weighted by Crippen LogP contribution is -2.35. The Morgan fingerprint density at radius 2 is 1.19 bits per heavy atom. The Balaban J connectivity index is 3.58. The van der Waals surface area contributed by atoms with Crippen molar-refractivity contribution in [3.63, 3.8) is 0 Å². The van der Waals surface area contributed by atoms with E-state index in [1.807, 2.05) is 0 Å². The highest BCUT2D eigenvalue weighted by atomic mass is 14.9. The van der Waals surface area contributed by atoms with Gasteiger partial charge in [0.1, 0.15) is 0 Å². The number of hydrogen-bond donors (Lipinski definition) is 1. The highest BCUT2D eigenvalue weighted by Gasteiger charge is 2.14. The molecule has 0 heterocycles. The molecule has 0 bridgehead atoms. The zero-order valence-electron chi connectivity index (χ0n) is 15.6. The minimum Gasteiger partial charge on any atom is -0.314 e. The van der Waals surface area contributed by atoms with E-state index < -0.39 is 0 Å². The molecule has 0 aliphatic rings. The van der Waals surface area contributed by atoms with Gasteiger partial charge in [0.2, 0.25) is 0 Å². The first kappa shape index (κ1) is 21.0. The zero-order chi connectivity index (χ0) is 15.8. The van der Waals surface area contributed by atoms with Gasteiger partial charge in [0, 0.05) is 6.04 Å². The molecule has 1 heteroatoms. The van der Waals surface area contributed by atoms with E-state index >= 15 is 0 Å². The number of rotatable bonds is 16. The largest absolute Gasteiger partial charge is 0.314 e. The summed E-state index contributed by atoms with van der Waals surface area (Å²) in [7, 11) is 0. The van der Waals surface area contributed by atoms with E-state index in [4.69, 9.17) is 0 Å². The molecule has 0 fully saturated rings. The summed E-state index contributed by atoms with van der Waals surface area (Å²) < 4.78 is 0. The summed E-state index contributed by atoms with van der Waals surface area (Å²) in [5.74, 6) is 0.843. The number of unbranched alkanes of at least 4 members (excludes halogenated alkanes) is 8. The standard InChI is InChI=1S/C20H43N/c1-5-8-9-10-11-12-13-14-15-17-20(21-18-7-3)19(4)16-6-2/h19-21H,5-18H2,1-4H3. The van der Waals surface area contributed by atoms with Crippen molar-refractivity contribution in [1.29, 1.82) is 0 Å². The summed E-state index contributed by atoms with van der Waals surface area (Å²) in [6, 6.07) is 0.759. The van der Waals surface area contributed by atoms with E-state index in [0.717, 1.165) is 12.0 Å². The summed E-state index contributed by atoms with van der Waals surface area (Å²) in [5.41, 5.74) is 0. The van der Waals surface area contributed by atoms with E-state index in [-0.39, 0.29) is 0 Å². The lowest BCUT2D eigenvalue weighted by atomic mass is 9.92. The molecule has 128 valence electrons. The first-order valence-electron chi connectivity index (χ1n) is 9.99. The van der Waals surface area contributed by atoms with Crippen LogP contribution in [0.3, 0.4) is 0 Å². The van der Waals surface area contributed by atoms with Gasteiger partial charge in [-0.1, -0.05) is 91.9 Å². The second-order valence-electron chi connectivity index (χ2n) is 6.94. The summed E-state index contributed by atoms with van der Waals surface area (Å²) in [6.45, 7) is 10.5. The average molecular weight is 298 g/mol. The van der Waals surface area contributed by atoms with Gasteiger partial charge in [0.15, 0.2) is 0 Å². The van der Waals surface area contributed by atoms with E-state index in [1.54, 1.807) is 0 Å². The van der Waals surface area contributed by atoms with Crippen LogP contribution in [0.5, 0.6) is 0 Å². The Morgan fingerprint density at radius 1 is 0.619 bits per heavy atom. The first-order chi connectivity index (χ1) is 10.3. The fourth-order valence-corrected chi connectivity index (χ4v) is 3.25. The van der Waals surface area contributed by atoms with E-state index in [1.165, 1.54) is 90.0 Å². The summed E-state index contributed by atoms with van der Waals surface area (Å²) >= 11 is 0. The van der Waals surface area contributed by atoms with E-state index in [2.05, 4.69) is 33.0 Å². The summed E-state index contributed by atoms with van der Waals surface area (Å²) in [6.07, 6.45) is 18.3. The first-order valence-corrected chi connectivity index (χ1v) is 9.99. The third-order valence-electron chi connectivity index (χ3n) is 4.71. The molecule has 0 saturated heterocycles. The third kappa shape index (κ3) is 13.4. The van der Waals surface area contributed by atoms with E-state index in [0.29, 0.717) is 0 Å². The Bertz CT molecular complexity index is 190. The second-order valence-corrected chi connectivity index (χ2v) is 6.94. The van der Waals surface area contributed by atoms with Gasteiger partial charge in [-0.05, 0) is 31.7 Å². The highest BCUT2D eigenvalue weighted by molar-refractivity contribution is 4.73. The molecule has 0 aliphatic heterocycles. The van der Waals surface area contributed by atoms with Gasteiger partial charge < -0.3 is 5.32 Å². The molecule has 0 aromatic rings. The van der Waals surface area contributed by atoms with Crippen LogP contribution in [-0.2, 0) is 0 Å². The van der Waals surface area contributed by atoms with Gasteiger partial charge in [-0.25, -0.2) is 0 Å². The fraction of sp³-hybridized carbons (Fsp3) is 1.00. The zero-order valence-corrected chi connectivity index (χ0v) is 15.6. The lowest BCUT2D eigenvalue weighted by molar-refractivity contribution is 0.327. The van der Waals surface area contributed by atoms with Gasteiger partial charge in [-0.15, -0.1) is 0 Å². The van der Waals surface area contributed by atoms with Crippen LogP contribution in [-0.4, -0.2) is 12.6 Å². The number of nitrogens with one attached hydrogen (secondary N) is 1. The van der Waals surface area contributed by atoms with Crippen molar-refractivity contribution in [2.45, 2.75) is 117 Å². The maximum atomic E-state index is 3.78. The Hall–Kier alpha value is -0.0400. The molecule has 1 N–H and O–H groups in total. The van der Waals surface area contributed by atoms with Crippen LogP contribution >= 0.6 is 0 Å². The van der Waals surface area contributed by atoms with Crippen LogP contribution < -0.4 is 5.32 Å². The molecule has 0 aromatic heterocycles. The second kappa shape index (κ2) is 16.3. The Kier molecular flexibility index (Phi) is 16.3. The molecule has 2 unspecified atom stereocenters. The van der Waals surface area contributed by atoms with E-state index in [9.17, 15) is 0 Å². The molecule has 0 amide bonds. The Labute approximate surface area is 135 Å². The van der Waals surface area contributed by atoms with Gasteiger partial charge in [-0.3, -0.25) is 0 Å². The van der Waals surface area contributed by atoms with Crippen molar-refractivity contribution in [1.82, 2.24) is 5.32 Å². The smallest absolute Gasteiger partial charge is 0.00926 e. The Morgan fingerprint density at radius 3 is 1.71 bits per heavy atom. The monoisotopic (exact) mass is 297 g/mol. The molecule has 0 rings (SSSR count). The maximum Gasteiger partial charge on any atom is 0.00926 e. The van der Waals surface area contributed by atoms with Crippen LogP contribution in [0, 0.1) is 5.92 Å². The quantitative estimate of drug-likeness (QED) is 0.312. The topological polar surface area (TPSA) is 12.0 Å². The summed E-state index contributed by atoms with van der Waals surface area (Å²) in [4.78, 5) is 0. The van der Waals surface area contributed by atoms with Crippen molar-refractivity contribution in [3.8, 4) is 0 Å². The van der Waals surface area contributed by atoms with Crippen molar-refractivity contribution < 1.29 is 0 Å². The third-order valence-corrected chi connectivity index (χ3v) is 4.71. The molecule has 0 aliphatic carbocycles. The van der Waals surface area contributed by atoms with Crippen LogP contribution in [0.2, 0.25) is 0 Å². The van der Waals surface area contributed by atoms with Crippen molar-refractivity contribution in [2.75, 3.05) is 6.54 Å². The van der Waals surface area contributed by atoms with Crippen molar-refractivity contribution in [3.05, 3.63) is 0 Å². The minimum atomic E-state index is 0.759. The molecular formula is C20H43N.